The van der Waals surface area contributed by atoms with Crippen LogP contribution in [0, 0.1) is 0 Å². The zero-order valence-electron chi connectivity index (χ0n) is 22.9. The number of aromatic nitrogens is 6. The molecular weight excluding hydrogens is 575 g/mol. The Kier molecular flexibility index (Phi) is 8.17. The van der Waals surface area contributed by atoms with E-state index in [4.69, 9.17) is 0 Å². The largest absolute Gasteiger partial charge is 0.256 e. The van der Waals surface area contributed by atoms with Crippen molar-refractivity contribution in [3.63, 3.8) is 0 Å². The summed E-state index contributed by atoms with van der Waals surface area (Å²) in [5.41, 5.74) is 6.07. The molecule has 6 heterocycles. The van der Waals surface area contributed by atoms with Gasteiger partial charge in [0, 0.05) is 86.3 Å². The van der Waals surface area contributed by atoms with Crippen LogP contribution in [0.1, 0.15) is 0 Å². The summed E-state index contributed by atoms with van der Waals surface area (Å²) < 4.78 is 0. The first-order valence-corrected chi connectivity index (χ1v) is 13.6. The minimum atomic E-state index is 0. The van der Waals surface area contributed by atoms with E-state index < -0.39 is 0 Å². The molecule has 0 saturated carbocycles. The van der Waals surface area contributed by atoms with Gasteiger partial charge < -0.3 is 0 Å². The maximum atomic E-state index is 4.37. The normalized spacial score (nSPS) is 10.6. The molecule has 1 radical (unpaired) electrons. The molecule has 0 atom stereocenters. The molecule has 0 amide bonds. The van der Waals surface area contributed by atoms with E-state index in [-0.39, 0.29) is 16.8 Å². The average molecular weight is 600 g/mol. The zero-order valence-corrected chi connectivity index (χ0v) is 23.9. The van der Waals surface area contributed by atoms with Gasteiger partial charge in [0.05, 0.1) is 33.1 Å². The first kappa shape index (κ1) is 27.8. The summed E-state index contributed by atoms with van der Waals surface area (Å²) in [6, 6.07) is 36.3. The fourth-order valence-corrected chi connectivity index (χ4v) is 5.09. The number of nitrogens with zero attached hydrogens (tertiary/aromatic N) is 6. The summed E-state index contributed by atoms with van der Waals surface area (Å²) in [4.78, 5) is 26.0. The van der Waals surface area contributed by atoms with Gasteiger partial charge >= 0.3 is 0 Å². The van der Waals surface area contributed by atoms with Gasteiger partial charge in [-0.2, -0.15) is 0 Å². The third kappa shape index (κ3) is 5.72. The molecule has 0 spiro atoms. The molecule has 207 valence electrons. The first-order valence-electron chi connectivity index (χ1n) is 13.6. The van der Waals surface area contributed by atoms with Crippen molar-refractivity contribution in [3.8, 4) is 0 Å². The Hall–Kier alpha value is -5.37. The van der Waals surface area contributed by atoms with E-state index in [1.165, 1.54) is 0 Å². The number of fused-ring (bicyclic) bond motifs is 9. The second kappa shape index (κ2) is 12.6. The maximum absolute atomic E-state index is 4.37. The van der Waals surface area contributed by atoms with Crippen LogP contribution < -0.4 is 0 Å². The van der Waals surface area contributed by atoms with Gasteiger partial charge in [-0.3, -0.25) is 29.9 Å². The van der Waals surface area contributed by atoms with Crippen LogP contribution in [0.25, 0.3) is 65.4 Å². The number of pyridine rings is 6. The molecule has 6 aromatic heterocycles. The molecule has 0 unspecified atom stereocenters. The predicted molar refractivity (Wildman–Crippen MR) is 171 cm³/mol. The summed E-state index contributed by atoms with van der Waals surface area (Å²) in [5, 5.41) is 6.83. The van der Waals surface area contributed by atoms with Crippen LogP contribution in [0.15, 0.2) is 146 Å². The maximum Gasteiger partial charge on any atom is 0.0795 e. The third-order valence-corrected chi connectivity index (χ3v) is 7.06. The van der Waals surface area contributed by atoms with Crippen LogP contribution in [0.3, 0.4) is 0 Å². The van der Waals surface area contributed by atoms with E-state index in [1.54, 1.807) is 18.6 Å². The molecule has 0 fully saturated rings. The van der Waals surface area contributed by atoms with Crippen molar-refractivity contribution in [1.82, 2.24) is 29.9 Å². The second-order valence-electron chi connectivity index (χ2n) is 9.63. The topological polar surface area (TPSA) is 77.3 Å². The molecule has 0 N–H and O–H groups in total. The van der Waals surface area contributed by atoms with Gasteiger partial charge in [0.1, 0.15) is 0 Å². The van der Waals surface area contributed by atoms with Gasteiger partial charge in [-0.15, -0.1) is 0 Å². The zero-order chi connectivity index (χ0) is 28.1. The summed E-state index contributed by atoms with van der Waals surface area (Å²) in [6.07, 6.45) is 10.9. The minimum absolute atomic E-state index is 0. The van der Waals surface area contributed by atoms with Gasteiger partial charge in [0.2, 0.25) is 0 Å². The van der Waals surface area contributed by atoms with Gasteiger partial charge in [0.25, 0.3) is 0 Å². The van der Waals surface area contributed by atoms with Crippen LogP contribution in [0.2, 0.25) is 0 Å². The summed E-state index contributed by atoms with van der Waals surface area (Å²) in [6.45, 7) is 0. The summed E-state index contributed by atoms with van der Waals surface area (Å²) >= 11 is 0. The van der Waals surface area contributed by atoms with Crippen molar-refractivity contribution in [1.29, 1.82) is 0 Å². The van der Waals surface area contributed by atoms with Gasteiger partial charge in [-0.1, -0.05) is 36.4 Å². The van der Waals surface area contributed by atoms with E-state index in [0.29, 0.717) is 0 Å². The average Bonchev–Trinajstić information content (AvgIpc) is 3.09. The first-order chi connectivity index (χ1) is 20.8. The van der Waals surface area contributed by atoms with Gasteiger partial charge in [-0.05, 0) is 72.8 Å². The SMILES string of the molecule is [Co].c1cnc2c(c1)ccc1ncccc12.c1cnc2c(c1)ccc1ncccc12.c1cnc2c(c1)ccc1ncccc12. The van der Waals surface area contributed by atoms with Crippen molar-refractivity contribution in [3.05, 3.63) is 146 Å². The Morgan fingerprint density at radius 3 is 0.884 bits per heavy atom. The van der Waals surface area contributed by atoms with Crippen LogP contribution >= 0.6 is 0 Å². The van der Waals surface area contributed by atoms with Crippen molar-refractivity contribution in [2.75, 3.05) is 0 Å². The van der Waals surface area contributed by atoms with Crippen molar-refractivity contribution < 1.29 is 16.8 Å². The minimum Gasteiger partial charge on any atom is -0.256 e. The van der Waals surface area contributed by atoms with Gasteiger partial charge in [0.15, 0.2) is 0 Å². The molecular formula is C36H24CoN6. The fraction of sp³-hybridized carbons (Fsp3) is 0. The predicted octanol–water partition coefficient (Wildman–Crippen LogP) is 8.35. The van der Waals surface area contributed by atoms with Crippen LogP contribution in [-0.4, -0.2) is 29.9 Å². The Labute approximate surface area is 257 Å². The van der Waals surface area contributed by atoms with E-state index in [1.807, 2.05) is 73.2 Å². The Morgan fingerprint density at radius 1 is 0.279 bits per heavy atom. The molecule has 0 aliphatic rings. The summed E-state index contributed by atoms with van der Waals surface area (Å²) in [5.74, 6) is 0. The molecule has 43 heavy (non-hydrogen) atoms. The quantitative estimate of drug-likeness (QED) is 0.163. The second-order valence-corrected chi connectivity index (χ2v) is 9.63. The van der Waals surface area contributed by atoms with Crippen LogP contribution in [0.5, 0.6) is 0 Å². The van der Waals surface area contributed by atoms with E-state index in [0.717, 1.165) is 65.4 Å². The Bertz CT molecular complexity index is 1910. The van der Waals surface area contributed by atoms with Gasteiger partial charge in [-0.25, -0.2) is 0 Å². The molecule has 0 aliphatic carbocycles. The third-order valence-electron chi connectivity index (χ3n) is 7.06. The van der Waals surface area contributed by atoms with Crippen molar-refractivity contribution in [2.45, 2.75) is 0 Å². The fourth-order valence-electron chi connectivity index (χ4n) is 5.09. The number of hydrogen-bond acceptors (Lipinski definition) is 6. The van der Waals surface area contributed by atoms with Crippen molar-refractivity contribution >= 4 is 65.4 Å². The smallest absolute Gasteiger partial charge is 0.0795 e. The Morgan fingerprint density at radius 2 is 0.558 bits per heavy atom. The molecule has 9 rings (SSSR count). The molecule has 0 aliphatic heterocycles. The van der Waals surface area contributed by atoms with Crippen molar-refractivity contribution in [2.24, 2.45) is 0 Å². The molecule has 3 aromatic carbocycles. The van der Waals surface area contributed by atoms with E-state index >= 15 is 0 Å². The van der Waals surface area contributed by atoms with Crippen LogP contribution in [-0.2, 0) is 16.8 Å². The van der Waals surface area contributed by atoms with E-state index in [2.05, 4.69) is 84.5 Å². The standard InChI is InChI=1S/3C12H8N2.Co/c3*1-3-9-5-6-11-10(4-2-7-13-11)12(9)14-8-1;/h3*1-8H;. The molecule has 0 bridgehead atoms. The molecule has 0 saturated heterocycles. The Balaban J connectivity index is 0.000000113. The van der Waals surface area contributed by atoms with Crippen LogP contribution in [0.4, 0.5) is 0 Å². The molecule has 9 aromatic rings. The summed E-state index contributed by atoms with van der Waals surface area (Å²) in [7, 11) is 0. The monoisotopic (exact) mass is 599 g/mol. The number of benzene rings is 3. The van der Waals surface area contributed by atoms with E-state index in [9.17, 15) is 0 Å². The number of hydrogen-bond donors (Lipinski definition) is 0. The molecule has 7 heteroatoms. The number of rotatable bonds is 0. The molecule has 6 nitrogen and oxygen atoms in total.